The number of thioether (sulfide) groups is 1. The van der Waals surface area contributed by atoms with Crippen molar-refractivity contribution in [1.29, 1.82) is 0 Å². The van der Waals surface area contributed by atoms with Crippen molar-refractivity contribution in [2.24, 2.45) is 5.41 Å². The molecule has 0 radical (unpaired) electrons. The highest BCUT2D eigenvalue weighted by Gasteiger charge is 2.59. The van der Waals surface area contributed by atoms with E-state index in [0.29, 0.717) is 0 Å². The average molecular weight is 234 g/mol. The number of benzene rings is 1. The minimum Gasteiger partial charge on any atom is -0.294 e. The van der Waals surface area contributed by atoms with Crippen LogP contribution in [0, 0.1) is 11.2 Å². The van der Waals surface area contributed by atoms with Gasteiger partial charge in [0.05, 0.1) is 0 Å². The first-order chi connectivity index (χ1) is 7.72. The number of carbonyl (C=O) groups is 1. The van der Waals surface area contributed by atoms with E-state index in [0.717, 1.165) is 17.7 Å². The molecule has 1 aromatic carbocycles. The summed E-state index contributed by atoms with van der Waals surface area (Å²) in [5, 5.41) is 1.87. The van der Waals surface area contributed by atoms with Crippen LogP contribution in [0.4, 0.5) is 4.39 Å². The molecule has 1 fully saturated rings. The standard InChI is InChI=1S/C13H11FOS/c14-10-3-1-9(2-4-10)11-7-13(11)8-16-6-5-12(13)15/h1-6,11H,7-8H2/t11-,13+/m0/s1. The summed E-state index contributed by atoms with van der Waals surface area (Å²) in [5.74, 6) is 1.17. The summed E-state index contributed by atoms with van der Waals surface area (Å²) in [6.07, 6.45) is 2.59. The summed E-state index contributed by atoms with van der Waals surface area (Å²) < 4.78 is 12.8. The summed E-state index contributed by atoms with van der Waals surface area (Å²) >= 11 is 1.69. The molecule has 0 saturated heterocycles. The number of carbonyl (C=O) groups excluding carboxylic acids is 1. The molecule has 1 aliphatic carbocycles. The van der Waals surface area contributed by atoms with E-state index in [9.17, 15) is 9.18 Å². The number of halogens is 1. The second kappa shape index (κ2) is 3.45. The van der Waals surface area contributed by atoms with Crippen molar-refractivity contribution in [3.63, 3.8) is 0 Å². The lowest BCUT2D eigenvalue weighted by Gasteiger charge is -2.16. The van der Waals surface area contributed by atoms with E-state index in [1.165, 1.54) is 12.1 Å². The van der Waals surface area contributed by atoms with Crippen LogP contribution >= 0.6 is 11.8 Å². The van der Waals surface area contributed by atoms with Gasteiger partial charge in [0.25, 0.3) is 0 Å². The number of hydrogen-bond donors (Lipinski definition) is 0. The fourth-order valence-corrected chi connectivity index (χ4v) is 3.49. The molecule has 2 atom stereocenters. The normalized spacial score (nSPS) is 32.1. The quantitative estimate of drug-likeness (QED) is 0.742. The zero-order valence-corrected chi connectivity index (χ0v) is 9.47. The van der Waals surface area contributed by atoms with Crippen LogP contribution in [0.2, 0.25) is 0 Å². The zero-order valence-electron chi connectivity index (χ0n) is 8.65. The summed E-state index contributed by atoms with van der Waals surface area (Å²) in [6.45, 7) is 0. The Morgan fingerprint density at radius 2 is 2.06 bits per heavy atom. The van der Waals surface area contributed by atoms with Gasteiger partial charge in [0, 0.05) is 11.2 Å². The van der Waals surface area contributed by atoms with Crippen molar-refractivity contribution >= 4 is 17.5 Å². The van der Waals surface area contributed by atoms with Gasteiger partial charge in [-0.1, -0.05) is 12.1 Å². The highest BCUT2D eigenvalue weighted by atomic mass is 32.2. The molecule has 0 aromatic heterocycles. The van der Waals surface area contributed by atoms with Gasteiger partial charge >= 0.3 is 0 Å². The van der Waals surface area contributed by atoms with Crippen LogP contribution in [0.3, 0.4) is 0 Å². The van der Waals surface area contributed by atoms with Crippen molar-refractivity contribution < 1.29 is 9.18 Å². The Morgan fingerprint density at radius 3 is 2.75 bits per heavy atom. The summed E-state index contributed by atoms with van der Waals surface area (Å²) in [6, 6.07) is 6.53. The van der Waals surface area contributed by atoms with E-state index in [4.69, 9.17) is 0 Å². The molecule has 0 unspecified atom stereocenters. The molecule has 0 bridgehead atoms. The second-order valence-corrected chi connectivity index (χ2v) is 5.34. The smallest absolute Gasteiger partial charge is 0.163 e. The molecule has 1 aromatic rings. The molecule has 1 spiro atoms. The third kappa shape index (κ3) is 1.42. The Morgan fingerprint density at radius 1 is 1.31 bits per heavy atom. The topological polar surface area (TPSA) is 17.1 Å². The van der Waals surface area contributed by atoms with Gasteiger partial charge in [-0.15, -0.1) is 11.8 Å². The Labute approximate surface area is 97.7 Å². The van der Waals surface area contributed by atoms with Gasteiger partial charge in [0.15, 0.2) is 5.78 Å². The van der Waals surface area contributed by atoms with Crippen LogP contribution in [0.1, 0.15) is 17.9 Å². The van der Waals surface area contributed by atoms with E-state index >= 15 is 0 Å². The van der Waals surface area contributed by atoms with Crippen LogP contribution < -0.4 is 0 Å². The maximum atomic E-state index is 12.8. The van der Waals surface area contributed by atoms with Gasteiger partial charge in [0.1, 0.15) is 5.82 Å². The summed E-state index contributed by atoms with van der Waals surface area (Å²) in [5.41, 5.74) is 0.905. The SMILES string of the molecule is O=C1C=CSC[C@@]12C[C@H]2c1ccc(F)cc1. The predicted molar refractivity (Wildman–Crippen MR) is 62.8 cm³/mol. The Kier molecular flexibility index (Phi) is 2.18. The lowest BCUT2D eigenvalue weighted by molar-refractivity contribution is -0.118. The van der Waals surface area contributed by atoms with Crippen molar-refractivity contribution in [3.8, 4) is 0 Å². The molecule has 1 nitrogen and oxygen atoms in total. The Bertz CT molecular complexity index is 465. The first kappa shape index (κ1) is 10.1. The van der Waals surface area contributed by atoms with Crippen molar-refractivity contribution in [2.45, 2.75) is 12.3 Å². The molecule has 1 aliphatic heterocycles. The molecule has 3 heteroatoms. The third-order valence-corrected chi connectivity index (χ3v) is 4.51. The van der Waals surface area contributed by atoms with Gasteiger partial charge < -0.3 is 0 Å². The number of rotatable bonds is 1. The van der Waals surface area contributed by atoms with Crippen LogP contribution in [0.5, 0.6) is 0 Å². The van der Waals surface area contributed by atoms with Crippen LogP contribution in [-0.2, 0) is 4.79 Å². The van der Waals surface area contributed by atoms with Gasteiger partial charge in [-0.05, 0) is 41.5 Å². The molecule has 2 aliphatic rings. The zero-order chi connectivity index (χ0) is 11.2. The van der Waals surface area contributed by atoms with E-state index < -0.39 is 0 Å². The van der Waals surface area contributed by atoms with Crippen molar-refractivity contribution in [3.05, 3.63) is 47.1 Å². The molecular weight excluding hydrogens is 223 g/mol. The van der Waals surface area contributed by atoms with Crippen molar-refractivity contribution in [2.75, 3.05) is 5.75 Å². The van der Waals surface area contributed by atoms with Crippen molar-refractivity contribution in [1.82, 2.24) is 0 Å². The average Bonchev–Trinajstić information content (AvgIpc) is 3.00. The number of hydrogen-bond acceptors (Lipinski definition) is 2. The summed E-state index contributed by atoms with van der Waals surface area (Å²) in [4.78, 5) is 11.9. The highest BCUT2D eigenvalue weighted by molar-refractivity contribution is 8.02. The minimum atomic E-state index is -0.220. The van der Waals surface area contributed by atoms with Gasteiger partial charge in [-0.2, -0.15) is 0 Å². The van der Waals surface area contributed by atoms with E-state index in [1.54, 1.807) is 30.0 Å². The molecule has 0 amide bonds. The van der Waals surface area contributed by atoms with E-state index in [2.05, 4.69) is 0 Å². The number of allylic oxidation sites excluding steroid dienone is 1. The molecule has 0 N–H and O–H groups in total. The monoisotopic (exact) mass is 234 g/mol. The molecule has 1 heterocycles. The van der Waals surface area contributed by atoms with Crippen LogP contribution in [0.15, 0.2) is 35.7 Å². The first-order valence-corrected chi connectivity index (χ1v) is 6.35. The molecular formula is C13H11FOS. The van der Waals surface area contributed by atoms with Gasteiger partial charge in [-0.3, -0.25) is 4.79 Å². The highest BCUT2D eigenvalue weighted by Crippen LogP contribution is 2.62. The van der Waals surface area contributed by atoms with Crippen LogP contribution in [-0.4, -0.2) is 11.5 Å². The molecule has 3 rings (SSSR count). The third-order valence-electron chi connectivity index (χ3n) is 3.49. The molecule has 1 saturated carbocycles. The van der Waals surface area contributed by atoms with E-state index in [1.807, 2.05) is 5.41 Å². The fourth-order valence-electron chi connectivity index (χ4n) is 2.41. The van der Waals surface area contributed by atoms with Gasteiger partial charge in [-0.25, -0.2) is 4.39 Å². The summed E-state index contributed by atoms with van der Waals surface area (Å²) in [7, 11) is 0. The maximum absolute atomic E-state index is 12.8. The Hall–Kier alpha value is -1.09. The molecule has 82 valence electrons. The Balaban J connectivity index is 1.88. The lowest BCUT2D eigenvalue weighted by atomic mass is 9.96. The van der Waals surface area contributed by atoms with Crippen LogP contribution in [0.25, 0.3) is 0 Å². The lowest BCUT2D eigenvalue weighted by Crippen LogP contribution is -2.20. The predicted octanol–water partition coefficient (Wildman–Crippen LogP) is 3.13. The minimum absolute atomic E-state index is 0.183. The maximum Gasteiger partial charge on any atom is 0.163 e. The van der Waals surface area contributed by atoms with Gasteiger partial charge in [0.2, 0.25) is 0 Å². The largest absolute Gasteiger partial charge is 0.294 e. The molecule has 16 heavy (non-hydrogen) atoms. The number of ketones is 1. The fraction of sp³-hybridized carbons (Fsp3) is 0.308. The second-order valence-electron chi connectivity index (χ2n) is 4.44. The van der Waals surface area contributed by atoms with E-state index in [-0.39, 0.29) is 22.9 Å². The first-order valence-electron chi connectivity index (χ1n) is 5.30.